The van der Waals surface area contributed by atoms with E-state index in [1.807, 2.05) is 13.8 Å². The van der Waals surface area contributed by atoms with Crippen molar-refractivity contribution in [3.8, 4) is 0 Å². The van der Waals surface area contributed by atoms with Crippen molar-refractivity contribution in [3.63, 3.8) is 0 Å². The highest BCUT2D eigenvalue weighted by molar-refractivity contribution is 5.30. The number of nitrogens with one attached hydrogen (secondary N) is 1. The topological polar surface area (TPSA) is 84.7 Å². The van der Waals surface area contributed by atoms with Crippen LogP contribution >= 0.6 is 0 Å². The van der Waals surface area contributed by atoms with Gasteiger partial charge in [-0.15, -0.1) is 0 Å². The predicted octanol–water partition coefficient (Wildman–Crippen LogP) is -0.574. The summed E-state index contributed by atoms with van der Waals surface area (Å²) >= 11 is 0. The van der Waals surface area contributed by atoms with E-state index in [0.717, 1.165) is 0 Å². The molecule has 0 spiro atoms. The van der Waals surface area contributed by atoms with Crippen molar-refractivity contribution in [2.24, 2.45) is 5.92 Å². The van der Waals surface area contributed by atoms with Crippen molar-refractivity contribution >= 4 is 0 Å². The fraction of sp³-hybridized carbons (Fsp3) is 0.600. The van der Waals surface area contributed by atoms with Crippen LogP contribution in [0.4, 0.5) is 0 Å². The Morgan fingerprint density at radius 3 is 2.82 bits per heavy atom. The molecule has 2 aliphatic heterocycles. The molecule has 7 nitrogen and oxygen atoms in total. The lowest BCUT2D eigenvalue weighted by atomic mass is 10.2. The van der Waals surface area contributed by atoms with Crippen molar-refractivity contribution in [2.75, 3.05) is 19.6 Å². The summed E-state index contributed by atoms with van der Waals surface area (Å²) in [7, 11) is 0. The second-order valence-electron chi connectivity index (χ2n) is 4.56. The molecule has 1 N–H and O–H groups in total. The quantitative estimate of drug-likeness (QED) is 0.524. The molecule has 0 fully saturated rings. The molecule has 0 aromatic carbocycles. The first-order chi connectivity index (χ1) is 8.00. The molecule has 0 bridgehead atoms. The minimum atomic E-state index is -0.529. The van der Waals surface area contributed by atoms with Gasteiger partial charge in [-0.2, -0.15) is 0 Å². The Hall–Kier alpha value is -1.92. The van der Waals surface area contributed by atoms with Crippen LogP contribution in [-0.2, 0) is 0 Å². The number of hydrazine groups is 1. The first-order valence-corrected chi connectivity index (χ1v) is 5.55. The van der Waals surface area contributed by atoms with E-state index in [1.165, 1.54) is 11.2 Å². The van der Waals surface area contributed by atoms with Gasteiger partial charge in [-0.25, -0.2) is 0 Å². The van der Waals surface area contributed by atoms with Crippen LogP contribution in [0.15, 0.2) is 23.5 Å². The normalized spacial score (nSPS) is 19.4. The van der Waals surface area contributed by atoms with Gasteiger partial charge in [0.25, 0.3) is 0 Å². The van der Waals surface area contributed by atoms with Gasteiger partial charge in [0.2, 0.25) is 0 Å². The zero-order valence-corrected chi connectivity index (χ0v) is 9.84. The molecule has 0 aromatic heterocycles. The Bertz CT molecular complexity index is 402. The van der Waals surface area contributed by atoms with Crippen molar-refractivity contribution in [2.45, 2.75) is 13.8 Å². The van der Waals surface area contributed by atoms with E-state index in [2.05, 4.69) is 5.43 Å². The van der Waals surface area contributed by atoms with Gasteiger partial charge in [-0.05, 0) is 11.8 Å². The Balaban J connectivity index is 2.29. The van der Waals surface area contributed by atoms with E-state index in [9.17, 15) is 15.2 Å². The molecule has 0 saturated carbocycles. The summed E-state index contributed by atoms with van der Waals surface area (Å²) in [6.45, 7) is 5.82. The van der Waals surface area contributed by atoms with E-state index < -0.39 is 4.92 Å². The monoisotopic (exact) mass is 239 g/mol. The predicted molar refractivity (Wildman–Crippen MR) is 58.4 cm³/mol. The Morgan fingerprint density at radius 2 is 2.24 bits per heavy atom. The van der Waals surface area contributed by atoms with Gasteiger partial charge in [0.05, 0.1) is 17.7 Å². The largest absolute Gasteiger partial charge is 0.859 e. The molecule has 2 rings (SSSR count). The lowest BCUT2D eigenvalue weighted by Gasteiger charge is -2.40. The van der Waals surface area contributed by atoms with Crippen LogP contribution in [0.3, 0.4) is 0 Å². The van der Waals surface area contributed by atoms with Gasteiger partial charge in [0.1, 0.15) is 5.70 Å². The van der Waals surface area contributed by atoms with Crippen molar-refractivity contribution in [1.29, 1.82) is 0 Å². The van der Waals surface area contributed by atoms with Gasteiger partial charge in [-0.1, -0.05) is 13.8 Å². The Kier molecular flexibility index (Phi) is 2.83. The summed E-state index contributed by atoms with van der Waals surface area (Å²) in [5.74, 6) is 0.0846. The maximum absolute atomic E-state index is 12.1. The minimum absolute atomic E-state index is 0.150. The van der Waals surface area contributed by atoms with E-state index in [0.29, 0.717) is 25.6 Å². The lowest BCUT2D eigenvalue weighted by Crippen LogP contribution is -2.48. The average Bonchev–Trinajstić information content (AvgIpc) is 2.66. The van der Waals surface area contributed by atoms with Crippen LogP contribution in [0.1, 0.15) is 13.8 Å². The Labute approximate surface area is 99.1 Å². The molecule has 0 saturated heterocycles. The van der Waals surface area contributed by atoms with Crippen molar-refractivity contribution in [3.05, 3.63) is 33.6 Å². The SMILES string of the molecule is CC(C)CN1CCN2NC=C([N+](=O)[O-])C2=C1[O-]. The van der Waals surface area contributed by atoms with Crippen molar-refractivity contribution < 1.29 is 10.0 Å². The molecule has 0 unspecified atom stereocenters. The van der Waals surface area contributed by atoms with Crippen LogP contribution in [-0.4, -0.2) is 34.5 Å². The van der Waals surface area contributed by atoms with Gasteiger partial charge < -0.3 is 10.0 Å². The maximum Gasteiger partial charge on any atom is 0.312 e. The highest BCUT2D eigenvalue weighted by atomic mass is 16.6. The fourth-order valence-electron chi connectivity index (χ4n) is 2.04. The smallest absolute Gasteiger partial charge is 0.312 e. The molecule has 2 heterocycles. The van der Waals surface area contributed by atoms with Crippen LogP contribution < -0.4 is 10.5 Å². The summed E-state index contributed by atoms with van der Waals surface area (Å²) in [6.07, 6.45) is 1.27. The number of fused-ring (bicyclic) bond motifs is 1. The standard InChI is InChI=1S/C10H16N4O3/c1-7(2)6-12-3-4-13-9(10(12)15)8(5-11-13)14(16)17/h5,7,11,15H,3-4,6H2,1-2H3/p-1. The van der Waals surface area contributed by atoms with E-state index in [-0.39, 0.29) is 17.3 Å². The average molecular weight is 239 g/mol. The lowest BCUT2D eigenvalue weighted by molar-refractivity contribution is -0.424. The van der Waals surface area contributed by atoms with Crippen LogP contribution in [0.25, 0.3) is 0 Å². The molecule has 0 aliphatic carbocycles. The number of nitrogens with zero attached hydrogens (tertiary/aromatic N) is 3. The molecule has 2 aliphatic rings. The molecule has 0 atom stereocenters. The third kappa shape index (κ3) is 2.00. The van der Waals surface area contributed by atoms with E-state index >= 15 is 0 Å². The van der Waals surface area contributed by atoms with Gasteiger partial charge in [-0.3, -0.25) is 20.5 Å². The number of nitro groups is 1. The number of rotatable bonds is 3. The molecular formula is C10H15N4O3-. The fourth-order valence-corrected chi connectivity index (χ4v) is 2.04. The molecule has 0 radical (unpaired) electrons. The molecule has 7 heteroatoms. The first-order valence-electron chi connectivity index (χ1n) is 5.55. The Morgan fingerprint density at radius 1 is 1.53 bits per heavy atom. The molecule has 94 valence electrons. The van der Waals surface area contributed by atoms with Gasteiger partial charge in [0.15, 0.2) is 0 Å². The zero-order valence-electron chi connectivity index (χ0n) is 9.84. The highest BCUT2D eigenvalue weighted by Gasteiger charge is 2.34. The van der Waals surface area contributed by atoms with E-state index in [4.69, 9.17) is 0 Å². The van der Waals surface area contributed by atoms with E-state index in [1.54, 1.807) is 4.90 Å². The summed E-state index contributed by atoms with van der Waals surface area (Å²) in [4.78, 5) is 11.9. The van der Waals surface area contributed by atoms with Crippen LogP contribution in [0, 0.1) is 16.0 Å². The van der Waals surface area contributed by atoms with Gasteiger partial charge in [0, 0.05) is 13.1 Å². The second kappa shape index (κ2) is 4.15. The van der Waals surface area contributed by atoms with Crippen LogP contribution in [0.2, 0.25) is 0 Å². The summed E-state index contributed by atoms with van der Waals surface area (Å²) < 4.78 is 0. The first kappa shape index (κ1) is 11.6. The number of hydrogen-bond acceptors (Lipinski definition) is 6. The molecule has 17 heavy (non-hydrogen) atoms. The number of hydrogen-bond donors (Lipinski definition) is 1. The van der Waals surface area contributed by atoms with Gasteiger partial charge >= 0.3 is 5.70 Å². The highest BCUT2D eigenvalue weighted by Crippen LogP contribution is 2.26. The third-order valence-corrected chi connectivity index (χ3v) is 2.74. The third-order valence-electron chi connectivity index (χ3n) is 2.74. The summed E-state index contributed by atoms with van der Waals surface area (Å²) in [5, 5.41) is 24.5. The van der Waals surface area contributed by atoms with Crippen LogP contribution in [0.5, 0.6) is 0 Å². The molecular weight excluding hydrogens is 224 g/mol. The second-order valence-corrected chi connectivity index (χ2v) is 4.56. The van der Waals surface area contributed by atoms with Crippen molar-refractivity contribution in [1.82, 2.24) is 15.3 Å². The molecule has 0 amide bonds. The zero-order chi connectivity index (χ0) is 12.6. The minimum Gasteiger partial charge on any atom is -0.859 e. The maximum atomic E-state index is 12.1. The summed E-state index contributed by atoms with van der Waals surface area (Å²) in [6, 6.07) is 0. The summed E-state index contributed by atoms with van der Waals surface area (Å²) in [5.41, 5.74) is 2.74. The molecule has 0 aromatic rings.